The van der Waals surface area contributed by atoms with Gasteiger partial charge in [0.2, 0.25) is 0 Å². The van der Waals surface area contributed by atoms with Gasteiger partial charge in [0.25, 0.3) is 0 Å². The Morgan fingerprint density at radius 1 is 1.05 bits per heavy atom. The van der Waals surface area contributed by atoms with E-state index in [1.54, 1.807) is 12.1 Å². The highest BCUT2D eigenvalue weighted by Crippen LogP contribution is 2.27. The summed E-state index contributed by atoms with van der Waals surface area (Å²) in [5.41, 5.74) is 1.54. The van der Waals surface area contributed by atoms with Crippen LogP contribution in [0.1, 0.15) is 11.1 Å². The average molecular weight is 364 g/mol. The molecule has 0 fully saturated rings. The summed E-state index contributed by atoms with van der Waals surface area (Å²) < 4.78 is 18.8. The van der Waals surface area contributed by atoms with Gasteiger partial charge in [-0.1, -0.05) is 39.1 Å². The van der Waals surface area contributed by atoms with Crippen molar-refractivity contribution < 1.29 is 9.13 Å². The lowest BCUT2D eigenvalue weighted by Gasteiger charge is -2.11. The van der Waals surface area contributed by atoms with Crippen LogP contribution in [0.15, 0.2) is 36.4 Å². The molecule has 0 aliphatic heterocycles. The van der Waals surface area contributed by atoms with Crippen LogP contribution >= 0.6 is 39.1 Å². The van der Waals surface area contributed by atoms with E-state index >= 15 is 0 Å². The van der Waals surface area contributed by atoms with Crippen molar-refractivity contribution in [3.8, 4) is 5.75 Å². The van der Waals surface area contributed by atoms with E-state index in [0.29, 0.717) is 26.7 Å². The third-order valence-corrected chi connectivity index (χ3v) is 3.77. The van der Waals surface area contributed by atoms with Crippen molar-refractivity contribution in [1.82, 2.24) is 0 Å². The summed E-state index contributed by atoms with van der Waals surface area (Å²) in [6.07, 6.45) is 0. The molecule has 0 aliphatic rings. The van der Waals surface area contributed by atoms with Gasteiger partial charge in [0, 0.05) is 26.5 Å². The average Bonchev–Trinajstić information content (AvgIpc) is 2.40. The Hall–Kier alpha value is -0.770. The predicted octanol–water partition coefficient (Wildman–Crippen LogP) is 5.61. The number of alkyl halides is 1. The van der Waals surface area contributed by atoms with Crippen LogP contribution in [0, 0.1) is 5.82 Å². The lowest BCUT2D eigenvalue weighted by Crippen LogP contribution is -1.99. The first-order valence-corrected chi connectivity index (χ1v) is 7.39. The summed E-state index contributed by atoms with van der Waals surface area (Å²) in [6.45, 7) is 0.207. The predicted molar refractivity (Wildman–Crippen MR) is 79.8 cm³/mol. The number of halogens is 4. The maximum atomic E-state index is 13.1. The highest BCUT2D eigenvalue weighted by atomic mass is 79.9. The molecule has 0 spiro atoms. The summed E-state index contributed by atoms with van der Waals surface area (Å²) in [7, 11) is 0. The van der Waals surface area contributed by atoms with Gasteiger partial charge in [-0.15, -0.1) is 0 Å². The van der Waals surface area contributed by atoms with Crippen molar-refractivity contribution in [2.45, 2.75) is 11.9 Å². The molecule has 0 saturated carbocycles. The van der Waals surface area contributed by atoms with Gasteiger partial charge >= 0.3 is 0 Å². The summed E-state index contributed by atoms with van der Waals surface area (Å²) in [4.78, 5) is 0. The number of rotatable bonds is 4. The Balaban J connectivity index is 2.16. The summed E-state index contributed by atoms with van der Waals surface area (Å²) in [5.74, 6) is 0.362. The fourth-order valence-electron chi connectivity index (χ4n) is 1.60. The molecular weight excluding hydrogens is 354 g/mol. The van der Waals surface area contributed by atoms with Crippen LogP contribution in [0.2, 0.25) is 10.0 Å². The maximum absolute atomic E-state index is 13.1. The van der Waals surface area contributed by atoms with Gasteiger partial charge in [0.05, 0.1) is 0 Å². The van der Waals surface area contributed by atoms with Crippen molar-refractivity contribution in [3.63, 3.8) is 0 Å². The van der Waals surface area contributed by atoms with E-state index in [1.807, 2.05) is 6.07 Å². The molecule has 5 heteroatoms. The SMILES string of the molecule is Fc1ccc(Cl)c(COc2ccc(Cl)cc2CBr)c1. The molecule has 0 unspecified atom stereocenters. The normalized spacial score (nSPS) is 10.5. The highest BCUT2D eigenvalue weighted by molar-refractivity contribution is 9.08. The second-order valence-corrected chi connectivity index (χ2v) is 5.31. The first-order chi connectivity index (χ1) is 9.10. The molecule has 0 heterocycles. The second kappa shape index (κ2) is 6.60. The van der Waals surface area contributed by atoms with Crippen LogP contribution in [0.5, 0.6) is 5.75 Å². The first-order valence-electron chi connectivity index (χ1n) is 5.51. The molecule has 0 amide bonds. The van der Waals surface area contributed by atoms with Gasteiger partial charge in [0.15, 0.2) is 0 Å². The van der Waals surface area contributed by atoms with Crippen molar-refractivity contribution in [2.75, 3.05) is 0 Å². The molecule has 2 rings (SSSR count). The fourth-order valence-corrected chi connectivity index (χ4v) is 2.41. The van der Waals surface area contributed by atoms with Crippen molar-refractivity contribution in [1.29, 1.82) is 0 Å². The zero-order valence-corrected chi connectivity index (χ0v) is 12.9. The topological polar surface area (TPSA) is 9.23 Å². The van der Waals surface area contributed by atoms with Gasteiger partial charge in [0.1, 0.15) is 18.2 Å². The molecular formula is C14H10BrCl2FO. The summed E-state index contributed by atoms with van der Waals surface area (Å²) >= 11 is 15.3. The number of ether oxygens (including phenoxy) is 1. The molecule has 0 bridgehead atoms. The van der Waals surface area contributed by atoms with Crippen LogP contribution in [0.3, 0.4) is 0 Å². The van der Waals surface area contributed by atoms with Crippen molar-refractivity contribution in [2.24, 2.45) is 0 Å². The van der Waals surface area contributed by atoms with Gasteiger partial charge in [-0.05, 0) is 36.4 Å². The van der Waals surface area contributed by atoms with Crippen LogP contribution in [-0.4, -0.2) is 0 Å². The quantitative estimate of drug-likeness (QED) is 0.642. The number of hydrogen-bond acceptors (Lipinski definition) is 1. The standard InChI is InChI=1S/C14H10BrCl2FO/c15-7-9-5-11(16)1-4-14(9)19-8-10-6-12(18)2-3-13(10)17/h1-6H,7-8H2. The Bertz CT molecular complexity index is 590. The summed E-state index contributed by atoms with van der Waals surface area (Å²) in [5, 5.41) is 1.75. The van der Waals surface area contributed by atoms with Crippen LogP contribution < -0.4 is 4.74 Å². The van der Waals surface area contributed by atoms with Crippen LogP contribution in [0.25, 0.3) is 0 Å². The Labute approximate surface area is 129 Å². The molecule has 1 nitrogen and oxygen atoms in total. The molecule has 0 radical (unpaired) electrons. The minimum Gasteiger partial charge on any atom is -0.489 e. The third kappa shape index (κ3) is 3.85. The van der Waals surface area contributed by atoms with E-state index in [0.717, 1.165) is 5.56 Å². The highest BCUT2D eigenvalue weighted by Gasteiger charge is 2.07. The van der Waals surface area contributed by atoms with E-state index in [4.69, 9.17) is 27.9 Å². The second-order valence-electron chi connectivity index (χ2n) is 3.91. The molecule has 0 aliphatic carbocycles. The zero-order chi connectivity index (χ0) is 13.8. The van der Waals surface area contributed by atoms with Crippen LogP contribution in [-0.2, 0) is 11.9 Å². The van der Waals surface area contributed by atoms with E-state index in [2.05, 4.69) is 15.9 Å². The molecule has 0 aromatic heterocycles. The van der Waals surface area contributed by atoms with Crippen molar-refractivity contribution >= 4 is 39.1 Å². The van der Waals surface area contributed by atoms with E-state index < -0.39 is 0 Å². The number of hydrogen-bond donors (Lipinski definition) is 0. The third-order valence-electron chi connectivity index (χ3n) is 2.56. The smallest absolute Gasteiger partial charge is 0.123 e. The Morgan fingerprint density at radius 3 is 2.58 bits per heavy atom. The molecule has 2 aromatic carbocycles. The molecule has 19 heavy (non-hydrogen) atoms. The van der Waals surface area contributed by atoms with E-state index in [9.17, 15) is 4.39 Å². The van der Waals surface area contributed by atoms with E-state index in [-0.39, 0.29) is 12.4 Å². The minimum atomic E-state index is -0.333. The monoisotopic (exact) mass is 362 g/mol. The molecule has 100 valence electrons. The maximum Gasteiger partial charge on any atom is 0.123 e. The number of benzene rings is 2. The molecule has 0 N–H and O–H groups in total. The molecule has 2 aromatic rings. The summed E-state index contributed by atoms with van der Waals surface area (Å²) in [6, 6.07) is 9.55. The van der Waals surface area contributed by atoms with Gasteiger partial charge in [-0.25, -0.2) is 4.39 Å². The zero-order valence-electron chi connectivity index (χ0n) is 9.80. The first kappa shape index (κ1) is 14.6. The Morgan fingerprint density at radius 2 is 1.84 bits per heavy atom. The lowest BCUT2D eigenvalue weighted by atomic mass is 10.2. The minimum absolute atomic E-state index is 0.207. The Kier molecular flexibility index (Phi) is 5.08. The van der Waals surface area contributed by atoms with E-state index in [1.165, 1.54) is 18.2 Å². The lowest BCUT2D eigenvalue weighted by molar-refractivity contribution is 0.303. The van der Waals surface area contributed by atoms with Gasteiger partial charge in [-0.2, -0.15) is 0 Å². The van der Waals surface area contributed by atoms with Gasteiger partial charge < -0.3 is 4.74 Å². The van der Waals surface area contributed by atoms with Crippen LogP contribution in [0.4, 0.5) is 4.39 Å². The molecule has 0 atom stereocenters. The fraction of sp³-hybridized carbons (Fsp3) is 0.143. The van der Waals surface area contributed by atoms with Crippen molar-refractivity contribution in [3.05, 3.63) is 63.4 Å². The molecule has 0 saturated heterocycles. The largest absolute Gasteiger partial charge is 0.489 e. The van der Waals surface area contributed by atoms with Gasteiger partial charge in [-0.3, -0.25) is 0 Å².